The minimum Gasteiger partial charge on any atom is -0.468 e. The van der Waals surface area contributed by atoms with E-state index in [1.54, 1.807) is 7.05 Å². The normalized spacial score (nSPS) is 10.8. The minimum absolute atomic E-state index is 0.265. The summed E-state index contributed by atoms with van der Waals surface area (Å²) in [6, 6.07) is 0. The lowest BCUT2D eigenvalue weighted by Crippen LogP contribution is -2.41. The molecule has 0 spiro atoms. The molecule has 2 aromatic rings. The molecular formula is C10H12N4O4. The molecule has 0 N–H and O–H groups in total. The van der Waals surface area contributed by atoms with Gasteiger partial charge in [0.15, 0.2) is 11.2 Å². The van der Waals surface area contributed by atoms with Crippen LogP contribution in [0.4, 0.5) is 0 Å². The van der Waals surface area contributed by atoms with E-state index in [1.165, 1.54) is 29.6 Å². The number of rotatable bonds is 2. The predicted octanol–water partition coefficient (Wildman–Crippen LogP) is -1.39. The Balaban J connectivity index is 2.82. The second kappa shape index (κ2) is 4.13. The summed E-state index contributed by atoms with van der Waals surface area (Å²) in [5, 5.41) is 0. The number of carbonyl (C=O) groups is 1. The lowest BCUT2D eigenvalue weighted by molar-refractivity contribution is -0.141. The number of imidazole rings is 1. The van der Waals surface area contributed by atoms with Gasteiger partial charge in [-0.3, -0.25) is 14.2 Å². The molecule has 0 saturated carbocycles. The fourth-order valence-corrected chi connectivity index (χ4v) is 1.73. The Morgan fingerprint density at radius 1 is 1.39 bits per heavy atom. The number of aromatic nitrogens is 4. The summed E-state index contributed by atoms with van der Waals surface area (Å²) >= 11 is 0. The average molecular weight is 252 g/mol. The van der Waals surface area contributed by atoms with Gasteiger partial charge in [-0.1, -0.05) is 0 Å². The Kier molecular flexibility index (Phi) is 2.77. The van der Waals surface area contributed by atoms with Crippen LogP contribution in [-0.4, -0.2) is 31.8 Å². The number of esters is 1. The molecule has 0 aliphatic heterocycles. The number of aryl methyl sites for hydroxylation is 2. The van der Waals surface area contributed by atoms with Crippen LogP contribution in [0.3, 0.4) is 0 Å². The van der Waals surface area contributed by atoms with Crippen molar-refractivity contribution in [1.82, 2.24) is 18.7 Å². The highest BCUT2D eigenvalue weighted by Crippen LogP contribution is 2.02. The minimum atomic E-state index is -0.657. The van der Waals surface area contributed by atoms with Crippen LogP contribution in [-0.2, 0) is 30.2 Å². The second-order valence-corrected chi connectivity index (χ2v) is 3.84. The van der Waals surface area contributed by atoms with E-state index in [0.717, 1.165) is 4.57 Å². The summed E-state index contributed by atoms with van der Waals surface area (Å²) in [6.07, 6.45) is 1.44. The summed E-state index contributed by atoms with van der Waals surface area (Å²) in [5.74, 6) is -0.657. The zero-order valence-electron chi connectivity index (χ0n) is 10.2. The van der Waals surface area contributed by atoms with Crippen molar-refractivity contribution in [2.45, 2.75) is 6.54 Å². The zero-order chi connectivity index (χ0) is 13.4. The summed E-state index contributed by atoms with van der Waals surface area (Å²) in [5.41, 5.74) is -0.607. The molecule has 2 aromatic heterocycles. The lowest BCUT2D eigenvalue weighted by atomic mass is 10.5. The SMILES string of the molecule is COC(=O)Cn1c(=O)c2c(ncn2C)n(C)c1=O. The van der Waals surface area contributed by atoms with E-state index >= 15 is 0 Å². The molecule has 8 heteroatoms. The highest BCUT2D eigenvalue weighted by atomic mass is 16.5. The van der Waals surface area contributed by atoms with Crippen LogP contribution < -0.4 is 11.2 Å². The molecule has 0 aromatic carbocycles. The molecule has 0 saturated heterocycles. The smallest absolute Gasteiger partial charge is 0.333 e. The van der Waals surface area contributed by atoms with Crippen molar-refractivity contribution >= 4 is 17.1 Å². The molecule has 0 bridgehead atoms. The van der Waals surface area contributed by atoms with E-state index in [-0.39, 0.29) is 11.2 Å². The van der Waals surface area contributed by atoms with Gasteiger partial charge in [-0.2, -0.15) is 0 Å². The Morgan fingerprint density at radius 3 is 2.67 bits per heavy atom. The number of methoxy groups -OCH3 is 1. The molecule has 96 valence electrons. The van der Waals surface area contributed by atoms with E-state index in [1.807, 2.05) is 0 Å². The monoisotopic (exact) mass is 252 g/mol. The molecule has 0 aliphatic carbocycles. The number of nitrogens with zero attached hydrogens (tertiary/aromatic N) is 4. The van der Waals surface area contributed by atoms with Crippen LogP contribution in [0, 0.1) is 0 Å². The summed E-state index contributed by atoms with van der Waals surface area (Å²) in [6.45, 7) is -0.414. The fourth-order valence-electron chi connectivity index (χ4n) is 1.73. The summed E-state index contributed by atoms with van der Waals surface area (Å²) in [7, 11) is 4.33. The van der Waals surface area contributed by atoms with Crippen LogP contribution >= 0.6 is 0 Å². The first kappa shape index (κ1) is 12.1. The van der Waals surface area contributed by atoms with Gasteiger partial charge in [0.2, 0.25) is 0 Å². The summed E-state index contributed by atoms with van der Waals surface area (Å²) in [4.78, 5) is 39.2. The molecule has 0 amide bonds. The number of hydrogen-bond donors (Lipinski definition) is 0. The maximum Gasteiger partial charge on any atom is 0.333 e. The highest BCUT2D eigenvalue weighted by molar-refractivity contribution is 5.72. The van der Waals surface area contributed by atoms with Crippen molar-refractivity contribution in [2.75, 3.05) is 7.11 Å². The first-order valence-corrected chi connectivity index (χ1v) is 5.15. The fraction of sp³-hybridized carbons (Fsp3) is 0.400. The van der Waals surface area contributed by atoms with Crippen molar-refractivity contribution in [1.29, 1.82) is 0 Å². The van der Waals surface area contributed by atoms with Crippen LogP contribution in [0.5, 0.6) is 0 Å². The van der Waals surface area contributed by atoms with E-state index in [9.17, 15) is 14.4 Å². The first-order chi connectivity index (χ1) is 8.47. The first-order valence-electron chi connectivity index (χ1n) is 5.15. The molecule has 0 aliphatic rings. The van der Waals surface area contributed by atoms with Gasteiger partial charge in [0.25, 0.3) is 5.56 Å². The van der Waals surface area contributed by atoms with Crippen molar-refractivity contribution in [3.05, 3.63) is 27.2 Å². The molecule has 2 heterocycles. The van der Waals surface area contributed by atoms with E-state index in [0.29, 0.717) is 0 Å². The third kappa shape index (κ3) is 1.62. The molecule has 0 radical (unpaired) electrons. The van der Waals surface area contributed by atoms with E-state index < -0.39 is 23.8 Å². The average Bonchev–Trinajstić information content (AvgIpc) is 2.74. The lowest BCUT2D eigenvalue weighted by Gasteiger charge is -2.07. The van der Waals surface area contributed by atoms with Gasteiger partial charge < -0.3 is 9.30 Å². The van der Waals surface area contributed by atoms with Crippen molar-refractivity contribution in [2.24, 2.45) is 14.1 Å². The number of ether oxygens (including phenoxy) is 1. The Morgan fingerprint density at radius 2 is 2.06 bits per heavy atom. The molecule has 0 atom stereocenters. The van der Waals surface area contributed by atoms with Gasteiger partial charge in [0.05, 0.1) is 13.4 Å². The van der Waals surface area contributed by atoms with Crippen molar-refractivity contribution < 1.29 is 9.53 Å². The highest BCUT2D eigenvalue weighted by Gasteiger charge is 2.16. The Bertz CT molecular complexity index is 737. The number of fused-ring (bicyclic) bond motifs is 1. The second-order valence-electron chi connectivity index (χ2n) is 3.84. The van der Waals surface area contributed by atoms with E-state index in [4.69, 9.17) is 0 Å². The van der Waals surface area contributed by atoms with Crippen molar-refractivity contribution in [3.8, 4) is 0 Å². The van der Waals surface area contributed by atoms with E-state index in [2.05, 4.69) is 9.72 Å². The largest absolute Gasteiger partial charge is 0.468 e. The van der Waals surface area contributed by atoms with Crippen LogP contribution in [0.25, 0.3) is 11.2 Å². The van der Waals surface area contributed by atoms with Gasteiger partial charge in [-0.05, 0) is 0 Å². The predicted molar refractivity (Wildman–Crippen MR) is 62.2 cm³/mol. The topological polar surface area (TPSA) is 88.1 Å². The van der Waals surface area contributed by atoms with Gasteiger partial charge >= 0.3 is 11.7 Å². The van der Waals surface area contributed by atoms with Crippen molar-refractivity contribution in [3.63, 3.8) is 0 Å². The molecular weight excluding hydrogens is 240 g/mol. The third-order valence-corrected chi connectivity index (χ3v) is 2.72. The number of carbonyl (C=O) groups excluding carboxylic acids is 1. The maximum absolute atomic E-state index is 12.1. The quantitative estimate of drug-likeness (QED) is 0.614. The van der Waals surface area contributed by atoms with Crippen LogP contribution in [0.2, 0.25) is 0 Å². The Labute approximate surface area is 101 Å². The molecule has 18 heavy (non-hydrogen) atoms. The molecule has 0 unspecified atom stereocenters. The molecule has 2 rings (SSSR count). The summed E-state index contributed by atoms with van der Waals surface area (Å²) < 4.78 is 8.01. The van der Waals surface area contributed by atoms with Crippen LogP contribution in [0.15, 0.2) is 15.9 Å². The van der Waals surface area contributed by atoms with Gasteiger partial charge in [-0.25, -0.2) is 14.3 Å². The van der Waals surface area contributed by atoms with Gasteiger partial charge in [0.1, 0.15) is 6.54 Å². The Hall–Kier alpha value is -2.38. The molecule has 0 fully saturated rings. The van der Waals surface area contributed by atoms with Crippen LogP contribution in [0.1, 0.15) is 0 Å². The molecule has 8 nitrogen and oxygen atoms in total. The van der Waals surface area contributed by atoms with Gasteiger partial charge in [0, 0.05) is 14.1 Å². The third-order valence-electron chi connectivity index (χ3n) is 2.72. The zero-order valence-corrected chi connectivity index (χ0v) is 10.2. The maximum atomic E-state index is 12.1. The number of hydrogen-bond acceptors (Lipinski definition) is 5. The standard InChI is InChI=1S/C10H12N4O4/c1-12-5-11-8-7(12)9(16)14(4-6(15)18-3)10(17)13(8)2/h5H,4H2,1-3H3. The van der Waals surface area contributed by atoms with Gasteiger partial charge in [-0.15, -0.1) is 0 Å².